The molecule has 1 aromatic rings. The summed E-state index contributed by atoms with van der Waals surface area (Å²) in [5.74, 6) is 0. The molecule has 2 aliphatic carbocycles. The summed E-state index contributed by atoms with van der Waals surface area (Å²) in [6, 6.07) is 11.5. The first kappa shape index (κ1) is 15.8. The summed E-state index contributed by atoms with van der Waals surface area (Å²) < 4.78 is 0. The van der Waals surface area contributed by atoms with Gasteiger partial charge in [0.05, 0.1) is 8.07 Å². The minimum atomic E-state index is -1.53. The van der Waals surface area contributed by atoms with E-state index in [-0.39, 0.29) is 0 Å². The summed E-state index contributed by atoms with van der Waals surface area (Å²) in [6.45, 7) is 4.95. The molecule has 0 spiro atoms. The molecule has 2 aliphatic rings. The molecule has 2 unspecified atom stereocenters. The molecule has 0 nitrogen and oxygen atoms in total. The van der Waals surface area contributed by atoms with Gasteiger partial charge in [-0.05, 0) is 17.5 Å². The maximum absolute atomic E-state index is 2.67. The Balaban J connectivity index is 1.95. The van der Waals surface area contributed by atoms with Gasteiger partial charge in [0.25, 0.3) is 0 Å². The summed E-state index contributed by atoms with van der Waals surface area (Å²) >= 11 is 0. The molecular weight excluding hydrogens is 280 g/mol. The Bertz CT molecular complexity index is 536. The molecule has 0 N–H and O–H groups in total. The van der Waals surface area contributed by atoms with Gasteiger partial charge in [-0.25, -0.2) is 0 Å². The van der Waals surface area contributed by atoms with Crippen LogP contribution in [0.15, 0.2) is 54.1 Å². The quantitative estimate of drug-likeness (QED) is 0.587. The fraction of sp³-hybridized carbons (Fsp3) is 0.524. The van der Waals surface area contributed by atoms with E-state index in [1.807, 2.05) is 0 Å². The van der Waals surface area contributed by atoms with Crippen LogP contribution in [-0.4, -0.2) is 8.07 Å². The first-order chi connectivity index (χ1) is 10.7. The van der Waals surface area contributed by atoms with Crippen LogP contribution in [0, 0.1) is 0 Å². The average molecular weight is 311 g/mol. The Morgan fingerprint density at radius 2 is 1.77 bits per heavy atom. The van der Waals surface area contributed by atoms with Crippen LogP contribution < -0.4 is 5.19 Å². The lowest BCUT2D eigenvalue weighted by atomic mass is 10.0. The predicted octanol–water partition coefficient (Wildman–Crippen LogP) is 5.97. The monoisotopic (exact) mass is 310 g/mol. The Hall–Kier alpha value is -1.08. The fourth-order valence-corrected chi connectivity index (χ4v) is 9.57. The zero-order valence-electron chi connectivity index (χ0n) is 14.2. The van der Waals surface area contributed by atoms with Gasteiger partial charge in [0.15, 0.2) is 0 Å². The van der Waals surface area contributed by atoms with E-state index in [0.29, 0.717) is 5.54 Å². The molecule has 0 saturated heterocycles. The van der Waals surface area contributed by atoms with E-state index in [4.69, 9.17) is 0 Å². The molecule has 118 valence electrons. The van der Waals surface area contributed by atoms with Gasteiger partial charge < -0.3 is 0 Å². The van der Waals surface area contributed by atoms with Gasteiger partial charge in [-0.1, -0.05) is 111 Å². The molecule has 1 aromatic carbocycles. The van der Waals surface area contributed by atoms with Crippen LogP contribution in [0.4, 0.5) is 0 Å². The molecule has 0 aromatic heterocycles. The molecule has 0 amide bonds. The number of hydrogen-bond donors (Lipinski definition) is 0. The highest BCUT2D eigenvalue weighted by Crippen LogP contribution is 2.45. The molecule has 1 saturated carbocycles. The molecule has 0 aliphatic heterocycles. The number of rotatable bonds is 5. The third-order valence-electron chi connectivity index (χ3n) is 5.99. The highest BCUT2D eigenvalue weighted by atomic mass is 28.3. The Labute approximate surface area is 137 Å². The summed E-state index contributed by atoms with van der Waals surface area (Å²) in [5.41, 5.74) is 3.24. The molecule has 0 heterocycles. The zero-order chi connectivity index (χ0) is 15.4. The van der Waals surface area contributed by atoms with Crippen LogP contribution in [0.1, 0.15) is 51.9 Å². The molecule has 0 radical (unpaired) electrons. The van der Waals surface area contributed by atoms with E-state index >= 15 is 0 Å². The standard InChI is InChI=1S/C21H30Si/c1-3-10-18-15-16-21(17-18)22(2,19-11-6-4-7-12-19)20-13-8-5-9-14-20/h4,6-7,11-12,15-17,20-21H,3,5,8-10,13-14H2,1-2H3. The second kappa shape index (κ2) is 7.00. The molecule has 2 atom stereocenters. The molecular formula is C21H30Si. The highest BCUT2D eigenvalue weighted by molar-refractivity contribution is 6.94. The predicted molar refractivity (Wildman–Crippen MR) is 100 cm³/mol. The van der Waals surface area contributed by atoms with Crippen LogP contribution in [0.25, 0.3) is 0 Å². The highest BCUT2D eigenvalue weighted by Gasteiger charge is 2.44. The molecule has 3 rings (SSSR count). The molecule has 0 bridgehead atoms. The maximum atomic E-state index is 2.67. The molecule has 1 heteroatoms. The molecule has 22 heavy (non-hydrogen) atoms. The minimum absolute atomic E-state index is 0.708. The third-order valence-corrected chi connectivity index (χ3v) is 11.6. The van der Waals surface area contributed by atoms with Gasteiger partial charge in [0.1, 0.15) is 0 Å². The topological polar surface area (TPSA) is 0 Å². The SMILES string of the molecule is CCCC1=CC([Si](C)(c2ccccc2)C2CCCCC2)C=C1. The van der Waals surface area contributed by atoms with Crippen molar-refractivity contribution in [2.24, 2.45) is 0 Å². The van der Waals surface area contributed by atoms with Crippen molar-refractivity contribution in [3.63, 3.8) is 0 Å². The summed E-state index contributed by atoms with van der Waals surface area (Å²) in [7, 11) is -1.53. The van der Waals surface area contributed by atoms with Gasteiger partial charge in [0, 0.05) is 0 Å². The number of hydrogen-bond acceptors (Lipinski definition) is 0. The largest absolute Gasteiger partial charge is 0.0972 e. The van der Waals surface area contributed by atoms with Gasteiger partial charge in [-0.15, -0.1) is 0 Å². The van der Waals surface area contributed by atoms with Crippen molar-refractivity contribution in [1.29, 1.82) is 0 Å². The van der Waals surface area contributed by atoms with E-state index in [1.54, 1.807) is 10.8 Å². The average Bonchev–Trinajstić information content (AvgIpc) is 3.05. The smallest absolute Gasteiger partial charge is 0.0797 e. The molecule has 1 fully saturated rings. The second-order valence-corrected chi connectivity index (χ2v) is 12.0. The van der Waals surface area contributed by atoms with Crippen molar-refractivity contribution in [2.75, 3.05) is 0 Å². The van der Waals surface area contributed by atoms with Gasteiger partial charge in [-0.2, -0.15) is 0 Å². The Morgan fingerprint density at radius 3 is 2.45 bits per heavy atom. The van der Waals surface area contributed by atoms with Crippen LogP contribution in [0.2, 0.25) is 17.6 Å². The third kappa shape index (κ3) is 3.01. The van der Waals surface area contributed by atoms with E-state index in [2.05, 4.69) is 62.0 Å². The van der Waals surface area contributed by atoms with E-state index in [0.717, 1.165) is 5.54 Å². The maximum Gasteiger partial charge on any atom is 0.0972 e. The van der Waals surface area contributed by atoms with Gasteiger partial charge in [0.2, 0.25) is 0 Å². The van der Waals surface area contributed by atoms with Crippen molar-refractivity contribution < 1.29 is 0 Å². The Morgan fingerprint density at radius 1 is 1.05 bits per heavy atom. The summed E-state index contributed by atoms with van der Waals surface area (Å²) in [5, 5.41) is 1.67. The van der Waals surface area contributed by atoms with E-state index in [9.17, 15) is 0 Å². The number of allylic oxidation sites excluding steroid dienone is 4. The number of benzene rings is 1. The van der Waals surface area contributed by atoms with Crippen molar-refractivity contribution in [2.45, 2.75) is 69.5 Å². The minimum Gasteiger partial charge on any atom is -0.0797 e. The lowest BCUT2D eigenvalue weighted by Gasteiger charge is -2.42. The normalized spacial score (nSPS) is 25.0. The van der Waals surface area contributed by atoms with Crippen molar-refractivity contribution in [1.82, 2.24) is 0 Å². The summed E-state index contributed by atoms with van der Waals surface area (Å²) in [4.78, 5) is 0. The van der Waals surface area contributed by atoms with Crippen molar-refractivity contribution >= 4 is 13.3 Å². The fourth-order valence-electron chi connectivity index (χ4n) is 4.60. The first-order valence-corrected chi connectivity index (χ1v) is 11.8. The second-order valence-electron chi connectivity index (χ2n) is 7.36. The summed E-state index contributed by atoms with van der Waals surface area (Å²) in [6.07, 6.45) is 17.4. The van der Waals surface area contributed by atoms with Crippen molar-refractivity contribution in [3.05, 3.63) is 54.1 Å². The Kier molecular flexibility index (Phi) is 5.02. The lowest BCUT2D eigenvalue weighted by molar-refractivity contribution is 0.492. The van der Waals surface area contributed by atoms with Crippen LogP contribution in [0.3, 0.4) is 0 Å². The van der Waals surface area contributed by atoms with E-state index in [1.165, 1.54) is 44.9 Å². The van der Waals surface area contributed by atoms with E-state index < -0.39 is 8.07 Å². The van der Waals surface area contributed by atoms with Crippen LogP contribution in [0.5, 0.6) is 0 Å². The lowest BCUT2D eigenvalue weighted by Crippen LogP contribution is -2.52. The van der Waals surface area contributed by atoms with Crippen LogP contribution in [-0.2, 0) is 0 Å². The van der Waals surface area contributed by atoms with Crippen LogP contribution >= 0.6 is 0 Å². The first-order valence-electron chi connectivity index (χ1n) is 9.19. The van der Waals surface area contributed by atoms with Gasteiger partial charge >= 0.3 is 0 Å². The van der Waals surface area contributed by atoms with Crippen molar-refractivity contribution in [3.8, 4) is 0 Å². The zero-order valence-corrected chi connectivity index (χ0v) is 15.2. The van der Waals surface area contributed by atoms with Gasteiger partial charge in [-0.3, -0.25) is 0 Å².